The Bertz CT molecular complexity index is 650. The molecule has 1 amide bonds. The summed E-state index contributed by atoms with van der Waals surface area (Å²) < 4.78 is 28.6. The van der Waals surface area contributed by atoms with Crippen LogP contribution in [0.15, 0.2) is 18.3 Å². The van der Waals surface area contributed by atoms with Gasteiger partial charge in [-0.2, -0.15) is 12.7 Å². The van der Waals surface area contributed by atoms with Gasteiger partial charge in [-0.05, 0) is 36.8 Å². The number of amides is 1. The van der Waals surface area contributed by atoms with Crippen LogP contribution in [0.5, 0.6) is 0 Å². The second kappa shape index (κ2) is 8.04. The summed E-state index contributed by atoms with van der Waals surface area (Å²) in [5.74, 6) is 0.893. The third kappa shape index (κ3) is 5.54. The summed E-state index contributed by atoms with van der Waals surface area (Å²) >= 11 is 0. The molecule has 2 N–H and O–H groups in total. The highest BCUT2D eigenvalue weighted by Gasteiger charge is 2.30. The van der Waals surface area contributed by atoms with Gasteiger partial charge in [0.15, 0.2) is 0 Å². The highest BCUT2D eigenvalue weighted by Crippen LogP contribution is 2.22. The van der Waals surface area contributed by atoms with Gasteiger partial charge in [0.25, 0.3) is 10.2 Å². The summed E-state index contributed by atoms with van der Waals surface area (Å²) in [6.07, 6.45) is 2.77. The Morgan fingerprint density at radius 3 is 2.54 bits per heavy atom. The Labute approximate surface area is 144 Å². The number of carbonyl (C=O) groups is 1. The Hall–Kier alpha value is -1.51. The van der Waals surface area contributed by atoms with Gasteiger partial charge in [0.05, 0.1) is 0 Å². The van der Waals surface area contributed by atoms with Crippen molar-refractivity contribution in [3.63, 3.8) is 0 Å². The molecular formula is C16H26N4O3S. The number of hydrogen-bond acceptors (Lipinski definition) is 4. The summed E-state index contributed by atoms with van der Waals surface area (Å²) in [7, 11) is -3.54. The van der Waals surface area contributed by atoms with Gasteiger partial charge in [-0.15, -0.1) is 0 Å². The molecule has 7 nitrogen and oxygen atoms in total. The lowest BCUT2D eigenvalue weighted by atomic mass is 9.94. The fourth-order valence-corrected chi connectivity index (χ4v) is 4.38. The van der Waals surface area contributed by atoms with E-state index < -0.39 is 10.2 Å². The molecule has 0 aliphatic carbocycles. The molecule has 1 aromatic heterocycles. The molecule has 8 heteroatoms. The van der Waals surface area contributed by atoms with Crippen LogP contribution < -0.4 is 10.0 Å². The minimum absolute atomic E-state index is 0.0632. The first kappa shape index (κ1) is 18.8. The molecule has 2 heterocycles. The monoisotopic (exact) mass is 354 g/mol. The fraction of sp³-hybridized carbons (Fsp3) is 0.625. The minimum Gasteiger partial charge on any atom is -0.311 e. The number of piperidine rings is 1. The topological polar surface area (TPSA) is 91.4 Å². The van der Waals surface area contributed by atoms with Crippen LogP contribution in [0, 0.1) is 18.8 Å². The van der Waals surface area contributed by atoms with Crippen molar-refractivity contribution < 1.29 is 13.2 Å². The van der Waals surface area contributed by atoms with E-state index in [1.165, 1.54) is 4.31 Å². The van der Waals surface area contributed by atoms with Crippen LogP contribution in [0.25, 0.3) is 0 Å². The average molecular weight is 354 g/mol. The van der Waals surface area contributed by atoms with Gasteiger partial charge in [-0.3, -0.25) is 4.79 Å². The molecule has 2 atom stereocenters. The quantitative estimate of drug-likeness (QED) is 0.810. The first-order valence-electron chi connectivity index (χ1n) is 8.23. The molecule has 0 spiro atoms. The molecule has 1 aliphatic rings. The van der Waals surface area contributed by atoms with Gasteiger partial charge in [0.1, 0.15) is 5.82 Å². The summed E-state index contributed by atoms with van der Waals surface area (Å²) in [4.78, 5) is 16.0. The van der Waals surface area contributed by atoms with Gasteiger partial charge in [-0.1, -0.05) is 19.9 Å². The van der Waals surface area contributed by atoms with Gasteiger partial charge < -0.3 is 5.32 Å². The molecular weight excluding hydrogens is 328 g/mol. The number of rotatable bonds is 6. The predicted molar refractivity (Wildman–Crippen MR) is 93.7 cm³/mol. The molecule has 0 saturated carbocycles. The van der Waals surface area contributed by atoms with Crippen molar-refractivity contribution in [1.29, 1.82) is 0 Å². The third-order valence-electron chi connectivity index (χ3n) is 3.99. The number of anilines is 1. The number of aryl methyl sites for hydroxylation is 1. The van der Waals surface area contributed by atoms with E-state index in [2.05, 4.69) is 28.9 Å². The zero-order chi connectivity index (χ0) is 17.7. The lowest BCUT2D eigenvalue weighted by Crippen LogP contribution is -2.48. The Kier molecular flexibility index (Phi) is 6.31. The van der Waals surface area contributed by atoms with Gasteiger partial charge in [0, 0.05) is 32.3 Å². The molecule has 1 aromatic rings. The van der Waals surface area contributed by atoms with Gasteiger partial charge in [-0.25, -0.2) is 9.71 Å². The molecule has 1 aliphatic heterocycles. The molecule has 1 saturated heterocycles. The van der Waals surface area contributed by atoms with E-state index in [0.29, 0.717) is 30.7 Å². The standard InChI is InChI=1S/C16H26N4O3S/c1-12-4-5-15(17-9-12)19-16(21)6-7-18-24(22,23)20-10-13(2)8-14(3)11-20/h4-5,9,13-14,18H,6-8,10-11H2,1-3H3,(H,17,19,21)/t13-,14-/m0/s1. The molecule has 0 aromatic carbocycles. The van der Waals surface area contributed by atoms with Crippen molar-refractivity contribution >= 4 is 21.9 Å². The van der Waals surface area contributed by atoms with E-state index in [1.54, 1.807) is 12.3 Å². The second-order valence-corrected chi connectivity index (χ2v) is 8.44. The Balaban J connectivity index is 1.79. The molecule has 134 valence electrons. The summed E-state index contributed by atoms with van der Waals surface area (Å²) in [6, 6.07) is 3.57. The average Bonchev–Trinajstić information content (AvgIpc) is 2.48. The first-order chi connectivity index (χ1) is 11.3. The van der Waals surface area contributed by atoms with Crippen LogP contribution in [0.2, 0.25) is 0 Å². The van der Waals surface area contributed by atoms with E-state index in [1.807, 2.05) is 13.0 Å². The van der Waals surface area contributed by atoms with Gasteiger partial charge in [0.2, 0.25) is 5.91 Å². The number of nitrogens with one attached hydrogen (secondary N) is 2. The number of pyridine rings is 1. The lowest BCUT2D eigenvalue weighted by Gasteiger charge is -2.33. The van der Waals surface area contributed by atoms with Crippen LogP contribution in [0.4, 0.5) is 5.82 Å². The van der Waals surface area contributed by atoms with Crippen LogP contribution in [-0.4, -0.2) is 43.2 Å². The van der Waals surface area contributed by atoms with E-state index in [0.717, 1.165) is 12.0 Å². The van der Waals surface area contributed by atoms with Crippen LogP contribution >= 0.6 is 0 Å². The fourth-order valence-electron chi connectivity index (χ4n) is 2.93. The maximum atomic E-state index is 12.3. The minimum atomic E-state index is -3.54. The van der Waals surface area contributed by atoms with Crippen molar-refractivity contribution in [2.75, 3.05) is 25.0 Å². The number of hydrogen-bond donors (Lipinski definition) is 2. The normalized spacial score (nSPS) is 22.3. The van der Waals surface area contributed by atoms with E-state index >= 15 is 0 Å². The van der Waals surface area contributed by atoms with E-state index in [9.17, 15) is 13.2 Å². The molecule has 2 rings (SSSR count). The molecule has 0 radical (unpaired) electrons. The Morgan fingerprint density at radius 2 is 1.96 bits per heavy atom. The number of nitrogens with zero attached hydrogens (tertiary/aromatic N) is 2. The van der Waals surface area contributed by atoms with Gasteiger partial charge >= 0.3 is 0 Å². The van der Waals surface area contributed by atoms with Crippen molar-refractivity contribution in [3.8, 4) is 0 Å². The SMILES string of the molecule is Cc1ccc(NC(=O)CCNS(=O)(=O)N2C[C@@H](C)C[C@H](C)C2)nc1. The summed E-state index contributed by atoms with van der Waals surface area (Å²) in [5.41, 5.74) is 1.01. The van der Waals surface area contributed by atoms with Crippen molar-refractivity contribution in [2.24, 2.45) is 11.8 Å². The highest BCUT2D eigenvalue weighted by molar-refractivity contribution is 7.87. The molecule has 1 fully saturated rings. The maximum Gasteiger partial charge on any atom is 0.279 e. The zero-order valence-electron chi connectivity index (χ0n) is 14.4. The van der Waals surface area contributed by atoms with Crippen LogP contribution in [0.1, 0.15) is 32.3 Å². The largest absolute Gasteiger partial charge is 0.311 e. The van der Waals surface area contributed by atoms with E-state index in [4.69, 9.17) is 0 Å². The molecule has 0 bridgehead atoms. The van der Waals surface area contributed by atoms with Crippen LogP contribution in [0.3, 0.4) is 0 Å². The predicted octanol–water partition coefficient (Wildman–Crippen LogP) is 1.53. The number of carbonyl (C=O) groups excluding carboxylic acids is 1. The summed E-state index contributed by atoms with van der Waals surface area (Å²) in [6.45, 7) is 7.15. The zero-order valence-corrected chi connectivity index (χ0v) is 15.3. The second-order valence-electron chi connectivity index (χ2n) is 6.68. The molecule has 0 unspecified atom stereocenters. The first-order valence-corrected chi connectivity index (χ1v) is 9.67. The number of aromatic nitrogens is 1. The van der Waals surface area contributed by atoms with Crippen molar-refractivity contribution in [1.82, 2.24) is 14.0 Å². The smallest absolute Gasteiger partial charge is 0.279 e. The Morgan fingerprint density at radius 1 is 1.29 bits per heavy atom. The van der Waals surface area contributed by atoms with Crippen molar-refractivity contribution in [3.05, 3.63) is 23.9 Å². The summed E-state index contributed by atoms with van der Waals surface area (Å²) in [5, 5.41) is 2.65. The van der Waals surface area contributed by atoms with E-state index in [-0.39, 0.29) is 18.9 Å². The maximum absolute atomic E-state index is 12.3. The van der Waals surface area contributed by atoms with Crippen LogP contribution in [-0.2, 0) is 15.0 Å². The third-order valence-corrected chi connectivity index (χ3v) is 5.54. The molecule has 24 heavy (non-hydrogen) atoms. The van der Waals surface area contributed by atoms with Crippen molar-refractivity contribution in [2.45, 2.75) is 33.6 Å². The lowest BCUT2D eigenvalue weighted by molar-refractivity contribution is -0.116. The highest BCUT2D eigenvalue weighted by atomic mass is 32.2.